The predicted molar refractivity (Wildman–Crippen MR) is 81.9 cm³/mol. The smallest absolute Gasteiger partial charge is 0.0219 e. The summed E-state index contributed by atoms with van der Waals surface area (Å²) in [5, 5.41) is 0. The minimum atomic E-state index is 0.235. The highest BCUT2D eigenvalue weighted by Gasteiger charge is 2.59. The minimum absolute atomic E-state index is 0.235. The Kier molecular flexibility index (Phi) is 3.95. The molecule has 6 atom stereocenters. The van der Waals surface area contributed by atoms with E-state index in [4.69, 9.17) is 5.73 Å². The summed E-state index contributed by atoms with van der Waals surface area (Å²) >= 11 is 0. The first-order valence-electron chi connectivity index (χ1n) is 8.97. The van der Waals surface area contributed by atoms with Crippen molar-refractivity contribution in [1.82, 2.24) is 0 Å². The van der Waals surface area contributed by atoms with Crippen molar-refractivity contribution in [3.05, 3.63) is 0 Å². The van der Waals surface area contributed by atoms with E-state index in [9.17, 15) is 0 Å². The fraction of sp³-hybridized carbons (Fsp3) is 1.00. The Balaban J connectivity index is 1.76. The Labute approximate surface area is 119 Å². The van der Waals surface area contributed by atoms with Crippen molar-refractivity contribution >= 4 is 0 Å². The van der Waals surface area contributed by atoms with Crippen molar-refractivity contribution in [2.45, 2.75) is 83.6 Å². The van der Waals surface area contributed by atoms with Gasteiger partial charge in [0.05, 0.1) is 0 Å². The number of nitrogens with two attached hydrogens (primary N) is 1. The summed E-state index contributed by atoms with van der Waals surface area (Å²) in [4.78, 5) is 0. The topological polar surface area (TPSA) is 26.0 Å². The van der Waals surface area contributed by atoms with Gasteiger partial charge in [0, 0.05) is 5.54 Å². The average molecular weight is 263 g/mol. The van der Waals surface area contributed by atoms with Crippen LogP contribution >= 0.6 is 0 Å². The molecule has 0 amide bonds. The predicted octanol–water partition coefficient (Wildman–Crippen LogP) is 4.75. The highest BCUT2D eigenvalue weighted by molar-refractivity contribution is 5.13. The van der Waals surface area contributed by atoms with Crippen molar-refractivity contribution in [2.75, 3.05) is 0 Å². The van der Waals surface area contributed by atoms with Crippen molar-refractivity contribution < 1.29 is 0 Å². The molecule has 4 rings (SSSR count). The van der Waals surface area contributed by atoms with Gasteiger partial charge >= 0.3 is 0 Å². The van der Waals surface area contributed by atoms with Crippen LogP contribution in [0.1, 0.15) is 78.1 Å². The molecule has 1 nitrogen and oxygen atoms in total. The quantitative estimate of drug-likeness (QED) is 0.688. The summed E-state index contributed by atoms with van der Waals surface area (Å²) in [6.45, 7) is 4.66. The number of hydrogen-bond acceptors (Lipinski definition) is 1. The van der Waals surface area contributed by atoms with Crippen molar-refractivity contribution in [1.29, 1.82) is 0 Å². The monoisotopic (exact) mass is 263 g/mol. The summed E-state index contributed by atoms with van der Waals surface area (Å²) in [7, 11) is 0. The Morgan fingerprint density at radius 3 is 2.21 bits per heavy atom. The van der Waals surface area contributed by atoms with Crippen LogP contribution in [0.5, 0.6) is 0 Å². The third kappa shape index (κ3) is 2.26. The molecule has 19 heavy (non-hydrogen) atoms. The van der Waals surface area contributed by atoms with Gasteiger partial charge in [-0.1, -0.05) is 39.5 Å². The summed E-state index contributed by atoms with van der Waals surface area (Å²) in [6, 6.07) is 0. The lowest BCUT2D eigenvalue weighted by Crippen LogP contribution is -2.67. The van der Waals surface area contributed by atoms with Gasteiger partial charge in [0.1, 0.15) is 0 Å². The first-order valence-corrected chi connectivity index (χ1v) is 8.97. The zero-order chi connectivity index (χ0) is 13.5. The summed E-state index contributed by atoms with van der Waals surface area (Å²) in [5.41, 5.74) is 7.31. The molecule has 0 heterocycles. The molecule has 4 fully saturated rings. The second-order valence-corrected chi connectivity index (χ2v) is 7.91. The van der Waals surface area contributed by atoms with Crippen molar-refractivity contribution in [3.8, 4) is 0 Å². The molecule has 0 aliphatic heterocycles. The average Bonchev–Trinajstić information content (AvgIpc) is 2.37. The Bertz CT molecular complexity index is 313. The third-order valence-electron chi connectivity index (χ3n) is 6.76. The van der Waals surface area contributed by atoms with Gasteiger partial charge in [0.2, 0.25) is 0 Å². The third-order valence-corrected chi connectivity index (χ3v) is 6.76. The van der Waals surface area contributed by atoms with Crippen molar-refractivity contribution in [3.63, 3.8) is 0 Å². The fourth-order valence-corrected chi connectivity index (χ4v) is 6.25. The molecule has 4 aliphatic carbocycles. The molecular formula is C18H33N. The zero-order valence-electron chi connectivity index (χ0n) is 13.0. The highest BCUT2D eigenvalue weighted by Crippen LogP contribution is 2.62. The van der Waals surface area contributed by atoms with E-state index in [1.54, 1.807) is 0 Å². The molecule has 4 saturated carbocycles. The molecule has 4 bridgehead atoms. The molecule has 0 aromatic heterocycles. The van der Waals surface area contributed by atoms with Crippen LogP contribution in [0.4, 0.5) is 0 Å². The van der Waals surface area contributed by atoms with Crippen LogP contribution < -0.4 is 5.73 Å². The van der Waals surface area contributed by atoms with Crippen LogP contribution in [0.15, 0.2) is 0 Å². The van der Waals surface area contributed by atoms with Gasteiger partial charge in [-0.2, -0.15) is 0 Å². The molecule has 0 spiro atoms. The van der Waals surface area contributed by atoms with E-state index >= 15 is 0 Å². The lowest BCUT2D eigenvalue weighted by Gasteiger charge is -2.64. The van der Waals surface area contributed by atoms with Gasteiger partial charge in [-0.25, -0.2) is 0 Å². The van der Waals surface area contributed by atoms with E-state index in [-0.39, 0.29) is 5.54 Å². The van der Waals surface area contributed by atoms with E-state index in [1.165, 1.54) is 64.2 Å². The lowest BCUT2D eigenvalue weighted by molar-refractivity contribution is -0.109. The van der Waals surface area contributed by atoms with Gasteiger partial charge in [0.15, 0.2) is 0 Å². The second-order valence-electron chi connectivity index (χ2n) is 7.91. The van der Waals surface area contributed by atoms with Crippen LogP contribution in [-0.2, 0) is 0 Å². The minimum Gasteiger partial charge on any atom is -0.325 e. The SMILES string of the molecule is CCCCCC1C2CC3CC(C2)C(CCC)[C@@]1(N)C3. The number of rotatable bonds is 6. The van der Waals surface area contributed by atoms with E-state index in [0.29, 0.717) is 0 Å². The van der Waals surface area contributed by atoms with Crippen LogP contribution in [0.3, 0.4) is 0 Å². The molecule has 0 aromatic rings. The van der Waals surface area contributed by atoms with Gasteiger partial charge in [-0.05, 0) is 68.1 Å². The normalized spacial score (nSPS) is 47.8. The number of unbranched alkanes of at least 4 members (excludes halogenated alkanes) is 2. The lowest BCUT2D eigenvalue weighted by atomic mass is 9.43. The first-order chi connectivity index (χ1) is 9.19. The molecule has 2 N–H and O–H groups in total. The maximum Gasteiger partial charge on any atom is 0.0219 e. The van der Waals surface area contributed by atoms with Crippen molar-refractivity contribution in [2.24, 2.45) is 35.3 Å². The zero-order valence-corrected chi connectivity index (χ0v) is 13.0. The maximum atomic E-state index is 7.08. The van der Waals surface area contributed by atoms with Gasteiger partial charge in [-0.3, -0.25) is 0 Å². The van der Waals surface area contributed by atoms with E-state index in [2.05, 4.69) is 13.8 Å². The highest BCUT2D eigenvalue weighted by atomic mass is 14.8. The number of hydrogen-bond donors (Lipinski definition) is 1. The first kappa shape index (κ1) is 13.9. The second kappa shape index (κ2) is 5.39. The van der Waals surface area contributed by atoms with Crippen LogP contribution in [0.25, 0.3) is 0 Å². The van der Waals surface area contributed by atoms with Gasteiger partial charge in [-0.15, -0.1) is 0 Å². The Hall–Kier alpha value is -0.0400. The van der Waals surface area contributed by atoms with Crippen LogP contribution in [-0.4, -0.2) is 5.54 Å². The Morgan fingerprint density at radius 2 is 1.58 bits per heavy atom. The molecule has 1 heteroatoms. The fourth-order valence-electron chi connectivity index (χ4n) is 6.25. The van der Waals surface area contributed by atoms with Crippen LogP contribution in [0.2, 0.25) is 0 Å². The molecule has 5 unspecified atom stereocenters. The summed E-state index contributed by atoms with van der Waals surface area (Å²) in [5.74, 6) is 4.70. The molecule has 0 radical (unpaired) electrons. The van der Waals surface area contributed by atoms with Gasteiger partial charge in [0.25, 0.3) is 0 Å². The largest absolute Gasteiger partial charge is 0.325 e. The molecule has 4 aliphatic rings. The standard InChI is InChI=1S/C18H33N/c1-3-5-6-8-17-15-10-13-9-14(11-15)16(7-4-2)18(17,19)12-13/h13-17H,3-12,19H2,1-2H3/t13?,14?,15?,16?,17?,18-/m0/s1. The Morgan fingerprint density at radius 1 is 0.895 bits per heavy atom. The van der Waals surface area contributed by atoms with E-state index in [0.717, 1.165) is 29.6 Å². The molecule has 0 saturated heterocycles. The van der Waals surface area contributed by atoms with E-state index < -0.39 is 0 Å². The molecule has 0 aromatic carbocycles. The summed E-state index contributed by atoms with van der Waals surface area (Å²) in [6.07, 6.45) is 14.2. The van der Waals surface area contributed by atoms with E-state index in [1.807, 2.05) is 0 Å². The molecular weight excluding hydrogens is 230 g/mol. The maximum absolute atomic E-state index is 7.08. The van der Waals surface area contributed by atoms with Crippen LogP contribution in [0, 0.1) is 29.6 Å². The molecule has 110 valence electrons. The van der Waals surface area contributed by atoms with Gasteiger partial charge < -0.3 is 5.73 Å². The summed E-state index contributed by atoms with van der Waals surface area (Å²) < 4.78 is 0.